The van der Waals surface area contributed by atoms with Crippen molar-refractivity contribution in [1.82, 2.24) is 9.80 Å². The highest BCUT2D eigenvalue weighted by molar-refractivity contribution is 5.95. The fraction of sp³-hybridized carbons (Fsp3) is 0.667. The first kappa shape index (κ1) is 24.6. The first-order valence-corrected chi connectivity index (χ1v) is 11.8. The van der Waals surface area contributed by atoms with Crippen LogP contribution >= 0.6 is 0 Å². The smallest absolute Gasteiger partial charge is 0.252 e. The van der Waals surface area contributed by atoms with Gasteiger partial charge in [-0.1, -0.05) is 38.7 Å². The molecule has 1 heterocycles. The molecule has 3 atom stereocenters. The Hall–Kier alpha value is -2.03. The number of rotatable bonds is 6. The standard InChI is InChI=1S/C24H37FN4O3/c1-16(22(30)24(32)29-13-11-28(2)12-14-29)18-9-10-20(19(25)15-18)27-23(31)21(26)17-7-5-3-4-6-8-17/h9-10,15-17,21-22,30H,3-8,11-14,26H2,1-2H3,(H,27,31)/t16-,21?,22+/m0/s1. The lowest BCUT2D eigenvalue weighted by molar-refractivity contribution is -0.142. The van der Waals surface area contributed by atoms with Crippen molar-refractivity contribution < 1.29 is 19.1 Å². The van der Waals surface area contributed by atoms with Gasteiger partial charge in [-0.3, -0.25) is 9.59 Å². The van der Waals surface area contributed by atoms with Crippen LogP contribution in [-0.4, -0.2) is 72.1 Å². The number of hydrogen-bond donors (Lipinski definition) is 3. The van der Waals surface area contributed by atoms with Gasteiger partial charge in [-0.25, -0.2) is 4.39 Å². The van der Waals surface area contributed by atoms with Crippen molar-refractivity contribution in [2.75, 3.05) is 38.5 Å². The molecule has 2 amide bonds. The maximum absolute atomic E-state index is 14.8. The van der Waals surface area contributed by atoms with Gasteiger partial charge in [-0.05, 0) is 43.5 Å². The van der Waals surface area contributed by atoms with Crippen LogP contribution in [-0.2, 0) is 9.59 Å². The van der Waals surface area contributed by atoms with Crippen LogP contribution in [0.2, 0.25) is 0 Å². The summed E-state index contributed by atoms with van der Waals surface area (Å²) in [4.78, 5) is 29.0. The lowest BCUT2D eigenvalue weighted by Crippen LogP contribution is -2.51. The van der Waals surface area contributed by atoms with Gasteiger partial charge in [-0.2, -0.15) is 0 Å². The third-order valence-corrected chi connectivity index (χ3v) is 7.03. The molecule has 0 bridgehead atoms. The van der Waals surface area contributed by atoms with Crippen LogP contribution in [0, 0.1) is 11.7 Å². The van der Waals surface area contributed by atoms with Crippen LogP contribution in [0.5, 0.6) is 0 Å². The average Bonchev–Trinajstić information content (AvgIpc) is 3.08. The summed E-state index contributed by atoms with van der Waals surface area (Å²) in [5.74, 6) is -1.76. The van der Waals surface area contributed by atoms with Crippen molar-refractivity contribution in [2.45, 2.75) is 63.5 Å². The van der Waals surface area contributed by atoms with Crippen LogP contribution in [0.25, 0.3) is 0 Å². The first-order valence-electron chi connectivity index (χ1n) is 11.8. The molecule has 8 heteroatoms. The molecule has 32 heavy (non-hydrogen) atoms. The van der Waals surface area contributed by atoms with Gasteiger partial charge in [0.15, 0.2) is 0 Å². The Morgan fingerprint density at radius 3 is 2.34 bits per heavy atom. The van der Waals surface area contributed by atoms with Crippen molar-refractivity contribution in [3.8, 4) is 0 Å². The van der Waals surface area contributed by atoms with Crippen LogP contribution in [0.15, 0.2) is 18.2 Å². The van der Waals surface area contributed by atoms with E-state index in [-0.39, 0.29) is 23.4 Å². The van der Waals surface area contributed by atoms with Gasteiger partial charge in [0.1, 0.15) is 11.9 Å². The predicted octanol–water partition coefficient (Wildman–Crippen LogP) is 2.30. The number of piperazine rings is 1. The third kappa shape index (κ3) is 6.05. The topological polar surface area (TPSA) is 98.9 Å². The van der Waals surface area contributed by atoms with Gasteiger partial charge in [0.2, 0.25) is 5.91 Å². The minimum atomic E-state index is -1.25. The normalized spacial score (nSPS) is 21.5. The molecule has 7 nitrogen and oxygen atoms in total. The van der Waals surface area contributed by atoms with E-state index >= 15 is 0 Å². The molecule has 3 rings (SSSR count). The second-order valence-electron chi connectivity index (χ2n) is 9.37. The number of nitrogens with two attached hydrogens (primary N) is 1. The van der Waals surface area contributed by atoms with Gasteiger partial charge in [0.05, 0.1) is 11.7 Å². The molecule has 0 aromatic heterocycles. The summed E-state index contributed by atoms with van der Waals surface area (Å²) < 4.78 is 14.8. The number of benzene rings is 1. The molecule has 0 spiro atoms. The number of carbonyl (C=O) groups excluding carboxylic acids is 2. The second kappa shape index (κ2) is 11.2. The number of nitrogens with one attached hydrogen (secondary N) is 1. The lowest BCUT2D eigenvalue weighted by Gasteiger charge is -2.34. The Kier molecular flexibility index (Phi) is 8.62. The number of aliphatic hydroxyl groups is 1. The summed E-state index contributed by atoms with van der Waals surface area (Å²) >= 11 is 0. The molecule has 1 unspecified atom stereocenters. The fourth-order valence-electron chi connectivity index (χ4n) is 4.63. The van der Waals surface area contributed by atoms with Gasteiger partial charge < -0.3 is 26.0 Å². The zero-order chi connectivity index (χ0) is 23.3. The van der Waals surface area contributed by atoms with E-state index in [0.717, 1.165) is 38.8 Å². The maximum atomic E-state index is 14.8. The summed E-state index contributed by atoms with van der Waals surface area (Å²) in [5.41, 5.74) is 6.75. The van der Waals surface area contributed by atoms with Crippen LogP contribution in [0.3, 0.4) is 0 Å². The minimum absolute atomic E-state index is 0.0647. The van der Waals surface area contributed by atoms with E-state index in [1.807, 2.05) is 7.05 Å². The molecule has 1 aromatic rings. The zero-order valence-corrected chi connectivity index (χ0v) is 19.2. The summed E-state index contributed by atoms with van der Waals surface area (Å²) in [6, 6.07) is 3.74. The maximum Gasteiger partial charge on any atom is 0.252 e. The molecule has 1 aliphatic heterocycles. The van der Waals surface area contributed by atoms with E-state index < -0.39 is 23.9 Å². The van der Waals surface area contributed by atoms with Crippen molar-refractivity contribution in [3.63, 3.8) is 0 Å². The highest BCUT2D eigenvalue weighted by atomic mass is 19.1. The molecule has 1 aromatic carbocycles. The number of halogens is 1. The van der Waals surface area contributed by atoms with Gasteiger partial charge >= 0.3 is 0 Å². The van der Waals surface area contributed by atoms with Crippen LogP contribution in [0.1, 0.15) is 56.9 Å². The number of anilines is 1. The molecule has 1 saturated heterocycles. The van der Waals surface area contributed by atoms with Gasteiger partial charge in [0, 0.05) is 32.1 Å². The van der Waals surface area contributed by atoms with Gasteiger partial charge in [-0.15, -0.1) is 0 Å². The van der Waals surface area contributed by atoms with Gasteiger partial charge in [0.25, 0.3) is 5.91 Å². The summed E-state index contributed by atoms with van der Waals surface area (Å²) in [6.45, 7) is 4.37. The Bertz CT molecular complexity index is 789. The predicted molar refractivity (Wildman–Crippen MR) is 123 cm³/mol. The minimum Gasteiger partial charge on any atom is -0.383 e. The number of amides is 2. The first-order chi connectivity index (χ1) is 15.3. The molecule has 2 aliphatic rings. The van der Waals surface area contributed by atoms with E-state index in [9.17, 15) is 19.1 Å². The highest BCUT2D eigenvalue weighted by Gasteiger charge is 2.30. The Morgan fingerprint density at radius 2 is 1.75 bits per heavy atom. The zero-order valence-electron chi connectivity index (χ0n) is 19.2. The van der Waals surface area contributed by atoms with E-state index in [4.69, 9.17) is 5.73 Å². The van der Waals surface area contributed by atoms with Crippen LogP contribution in [0.4, 0.5) is 10.1 Å². The molecule has 1 aliphatic carbocycles. The number of likely N-dealkylation sites (N-methyl/N-ethyl adjacent to an activating group) is 1. The van der Waals surface area contributed by atoms with Crippen molar-refractivity contribution in [2.24, 2.45) is 11.7 Å². The second-order valence-corrected chi connectivity index (χ2v) is 9.37. The summed E-state index contributed by atoms with van der Waals surface area (Å²) in [5, 5.41) is 13.2. The van der Waals surface area contributed by atoms with E-state index in [0.29, 0.717) is 18.7 Å². The summed E-state index contributed by atoms with van der Waals surface area (Å²) in [7, 11) is 1.99. The Labute approximate surface area is 190 Å². The summed E-state index contributed by atoms with van der Waals surface area (Å²) in [6.07, 6.45) is 5.08. The molecule has 178 valence electrons. The van der Waals surface area contributed by atoms with Crippen molar-refractivity contribution >= 4 is 17.5 Å². The van der Waals surface area contributed by atoms with Crippen molar-refractivity contribution in [1.29, 1.82) is 0 Å². The molecular weight excluding hydrogens is 411 g/mol. The Balaban J connectivity index is 1.61. The Morgan fingerprint density at radius 1 is 1.12 bits per heavy atom. The third-order valence-electron chi connectivity index (χ3n) is 7.03. The van der Waals surface area contributed by atoms with E-state index in [2.05, 4.69) is 10.2 Å². The van der Waals surface area contributed by atoms with Crippen molar-refractivity contribution in [3.05, 3.63) is 29.6 Å². The SMILES string of the molecule is C[C@@H](c1ccc(NC(=O)C(N)C2CCCCCC2)c(F)c1)[C@@H](O)C(=O)N1CCN(C)CC1. The molecule has 4 N–H and O–H groups in total. The average molecular weight is 449 g/mol. The number of aliphatic hydroxyl groups excluding tert-OH is 1. The highest BCUT2D eigenvalue weighted by Crippen LogP contribution is 2.27. The monoisotopic (exact) mass is 448 g/mol. The van der Waals surface area contributed by atoms with E-state index in [1.54, 1.807) is 17.9 Å². The molecular formula is C24H37FN4O3. The fourth-order valence-corrected chi connectivity index (χ4v) is 4.63. The number of hydrogen-bond acceptors (Lipinski definition) is 5. The number of nitrogens with zero attached hydrogens (tertiary/aromatic N) is 2. The quantitative estimate of drug-likeness (QED) is 0.580. The lowest BCUT2D eigenvalue weighted by atomic mass is 9.91. The molecule has 1 saturated carbocycles. The van der Waals surface area contributed by atoms with E-state index in [1.165, 1.54) is 25.0 Å². The van der Waals surface area contributed by atoms with Crippen LogP contribution < -0.4 is 11.1 Å². The largest absolute Gasteiger partial charge is 0.383 e. The number of carbonyl (C=O) groups is 2. The molecule has 0 radical (unpaired) electrons. The molecule has 2 fully saturated rings.